The summed E-state index contributed by atoms with van der Waals surface area (Å²) < 4.78 is 42.1. The summed E-state index contributed by atoms with van der Waals surface area (Å²) in [4.78, 5) is 28.6. The Morgan fingerprint density at radius 3 is 2.42 bits per heavy atom. The van der Waals surface area contributed by atoms with Crippen molar-refractivity contribution in [1.82, 2.24) is 14.8 Å². The fourth-order valence-electron chi connectivity index (χ4n) is 3.28. The third kappa shape index (κ3) is 4.05. The monoisotopic (exact) mass is 493 g/mol. The molecular weight excluding hydrogens is 479 g/mol. The van der Waals surface area contributed by atoms with Crippen LogP contribution in [0.4, 0.5) is 18.9 Å². The van der Waals surface area contributed by atoms with Crippen molar-refractivity contribution in [3.63, 3.8) is 0 Å². The Morgan fingerprint density at radius 2 is 1.88 bits per heavy atom. The summed E-state index contributed by atoms with van der Waals surface area (Å²) in [7, 11) is 1.60. The van der Waals surface area contributed by atoms with Crippen LogP contribution in [-0.2, 0) is 13.2 Å². The van der Waals surface area contributed by atoms with Gasteiger partial charge in [-0.3, -0.25) is 14.3 Å². The Kier molecular flexibility index (Phi) is 5.62. The number of carbonyl (C=O) groups excluding carboxylic acids is 2. The van der Waals surface area contributed by atoms with Crippen LogP contribution in [0.1, 0.15) is 31.5 Å². The lowest BCUT2D eigenvalue weighted by molar-refractivity contribution is -0.140. The highest BCUT2D eigenvalue weighted by atomic mass is 35.5. The van der Waals surface area contributed by atoms with E-state index in [1.165, 1.54) is 4.68 Å². The molecular formula is C21H15ClF3N5O2S. The molecule has 7 nitrogen and oxygen atoms in total. The van der Waals surface area contributed by atoms with E-state index in [0.717, 1.165) is 6.07 Å². The van der Waals surface area contributed by atoms with E-state index in [0.29, 0.717) is 22.6 Å². The minimum absolute atomic E-state index is 0.0491. The molecule has 0 radical (unpaired) electrons. The first-order chi connectivity index (χ1) is 15.5. The Hall–Kier alpha value is -3.44. The molecule has 4 aromatic rings. The van der Waals surface area contributed by atoms with Crippen LogP contribution in [0.15, 0.2) is 36.4 Å². The molecule has 3 heterocycles. The molecule has 3 aromatic heterocycles. The molecule has 0 fully saturated rings. The number of aromatic nitrogens is 3. The van der Waals surface area contributed by atoms with Crippen molar-refractivity contribution in [2.45, 2.75) is 13.1 Å². The number of pyridine rings is 1. The number of hydrogen-bond acceptors (Lipinski definition) is 5. The van der Waals surface area contributed by atoms with Crippen LogP contribution >= 0.6 is 22.9 Å². The van der Waals surface area contributed by atoms with Gasteiger partial charge in [-0.2, -0.15) is 18.3 Å². The van der Waals surface area contributed by atoms with E-state index >= 15 is 0 Å². The van der Waals surface area contributed by atoms with E-state index < -0.39 is 23.7 Å². The molecule has 0 spiro atoms. The topological polar surface area (TPSA) is 103 Å². The van der Waals surface area contributed by atoms with E-state index in [9.17, 15) is 22.8 Å². The van der Waals surface area contributed by atoms with Gasteiger partial charge in [0.25, 0.3) is 11.8 Å². The van der Waals surface area contributed by atoms with Gasteiger partial charge in [-0.25, -0.2) is 4.98 Å². The second kappa shape index (κ2) is 8.16. The molecule has 0 aliphatic heterocycles. The van der Waals surface area contributed by atoms with Crippen LogP contribution in [0, 0.1) is 6.92 Å². The smallest absolute Gasteiger partial charge is 0.365 e. The lowest BCUT2D eigenvalue weighted by Gasteiger charge is -2.12. The number of rotatable bonds is 4. The molecule has 4 rings (SSSR count). The summed E-state index contributed by atoms with van der Waals surface area (Å²) in [5.41, 5.74) is 5.31. The standard InChI is InChI=1S/C21H15ClF3N5O2S/c1-9-14(22)16(29-30(9)2)19(32)28-15-13-11(10-6-4-3-5-7-10)8-12(21(23,24)25)27-20(13)33-17(15)18(26)31/h3-8H,1-2H3,(H2,26,31)(H,28,32). The fraction of sp³-hybridized carbons (Fsp3) is 0.143. The van der Waals surface area contributed by atoms with Crippen LogP contribution < -0.4 is 11.1 Å². The first kappa shape index (κ1) is 22.7. The van der Waals surface area contributed by atoms with Gasteiger partial charge in [0.05, 0.1) is 16.4 Å². The number of nitrogens with zero attached hydrogens (tertiary/aromatic N) is 3. The summed E-state index contributed by atoms with van der Waals surface area (Å²) >= 11 is 6.86. The zero-order valence-electron chi connectivity index (χ0n) is 17.1. The number of halogens is 4. The minimum Gasteiger partial charge on any atom is -0.365 e. The maximum atomic E-state index is 13.5. The van der Waals surface area contributed by atoms with Gasteiger partial charge in [0.15, 0.2) is 5.69 Å². The molecule has 12 heteroatoms. The van der Waals surface area contributed by atoms with Gasteiger partial charge < -0.3 is 11.1 Å². The number of alkyl halides is 3. The van der Waals surface area contributed by atoms with Gasteiger partial charge in [0, 0.05) is 12.4 Å². The van der Waals surface area contributed by atoms with E-state index in [2.05, 4.69) is 15.4 Å². The zero-order chi connectivity index (χ0) is 24.1. The molecule has 0 unspecified atom stereocenters. The van der Waals surface area contributed by atoms with E-state index in [1.54, 1.807) is 44.3 Å². The Balaban J connectivity index is 1.98. The van der Waals surface area contributed by atoms with Crippen molar-refractivity contribution in [3.05, 3.63) is 63.4 Å². The molecule has 2 amide bonds. The van der Waals surface area contributed by atoms with Crippen LogP contribution in [-0.4, -0.2) is 26.6 Å². The average molecular weight is 494 g/mol. The molecule has 0 atom stereocenters. The maximum absolute atomic E-state index is 13.5. The summed E-state index contributed by atoms with van der Waals surface area (Å²) in [6.07, 6.45) is -4.73. The number of benzene rings is 1. The number of thiophene rings is 1. The average Bonchev–Trinajstić information content (AvgIpc) is 3.26. The highest BCUT2D eigenvalue weighted by Crippen LogP contribution is 2.43. The lowest BCUT2D eigenvalue weighted by atomic mass is 10.0. The van der Waals surface area contributed by atoms with Gasteiger partial charge in [0.2, 0.25) is 0 Å². The van der Waals surface area contributed by atoms with Crippen LogP contribution in [0.3, 0.4) is 0 Å². The molecule has 170 valence electrons. The fourth-order valence-corrected chi connectivity index (χ4v) is 4.53. The lowest BCUT2D eigenvalue weighted by Crippen LogP contribution is -2.17. The van der Waals surface area contributed by atoms with Crippen molar-refractivity contribution in [2.75, 3.05) is 5.32 Å². The van der Waals surface area contributed by atoms with Gasteiger partial charge in [-0.05, 0) is 24.1 Å². The Labute approximate surface area is 194 Å². The molecule has 33 heavy (non-hydrogen) atoms. The number of nitrogens with two attached hydrogens (primary N) is 1. The number of nitrogens with one attached hydrogen (secondary N) is 1. The molecule has 0 aliphatic rings. The van der Waals surface area contributed by atoms with E-state index in [-0.39, 0.29) is 37.1 Å². The van der Waals surface area contributed by atoms with Crippen molar-refractivity contribution in [1.29, 1.82) is 0 Å². The molecule has 0 aliphatic carbocycles. The predicted octanol–water partition coefficient (Wildman–Crippen LogP) is 5.03. The van der Waals surface area contributed by atoms with Crippen molar-refractivity contribution < 1.29 is 22.8 Å². The van der Waals surface area contributed by atoms with Gasteiger partial charge >= 0.3 is 6.18 Å². The number of hydrogen-bond donors (Lipinski definition) is 2. The summed E-state index contributed by atoms with van der Waals surface area (Å²) in [6.45, 7) is 1.66. The molecule has 0 bridgehead atoms. The number of aryl methyl sites for hydroxylation is 1. The van der Waals surface area contributed by atoms with Crippen molar-refractivity contribution in [2.24, 2.45) is 12.8 Å². The third-order valence-corrected chi connectivity index (χ3v) is 6.53. The van der Waals surface area contributed by atoms with Crippen molar-refractivity contribution >= 4 is 50.7 Å². The van der Waals surface area contributed by atoms with Gasteiger partial charge in [-0.15, -0.1) is 11.3 Å². The highest BCUT2D eigenvalue weighted by Gasteiger charge is 2.35. The quantitative estimate of drug-likeness (QED) is 0.416. The Morgan fingerprint density at radius 1 is 1.21 bits per heavy atom. The van der Waals surface area contributed by atoms with E-state index in [1.807, 2.05) is 0 Å². The molecule has 1 aromatic carbocycles. The summed E-state index contributed by atoms with van der Waals surface area (Å²) in [5, 5.41) is 6.90. The Bertz CT molecular complexity index is 1410. The number of fused-ring (bicyclic) bond motifs is 1. The minimum atomic E-state index is -4.73. The number of carbonyl (C=O) groups is 2. The second-order valence-electron chi connectivity index (χ2n) is 7.10. The molecule has 3 N–H and O–H groups in total. The SMILES string of the molecule is Cc1c(Cl)c(C(=O)Nc2c(C(N)=O)sc3nc(C(F)(F)F)cc(-c4ccccc4)c23)nn1C. The first-order valence-corrected chi connectivity index (χ1v) is 10.6. The normalized spacial score (nSPS) is 11.7. The maximum Gasteiger partial charge on any atom is 0.433 e. The molecule has 0 saturated carbocycles. The van der Waals surface area contributed by atoms with Crippen LogP contribution in [0.2, 0.25) is 5.02 Å². The largest absolute Gasteiger partial charge is 0.433 e. The number of amides is 2. The van der Waals surface area contributed by atoms with Crippen molar-refractivity contribution in [3.8, 4) is 11.1 Å². The summed E-state index contributed by atoms with van der Waals surface area (Å²) in [5.74, 6) is -1.67. The third-order valence-electron chi connectivity index (χ3n) is 4.98. The second-order valence-corrected chi connectivity index (χ2v) is 8.47. The number of primary amides is 1. The zero-order valence-corrected chi connectivity index (χ0v) is 18.7. The number of anilines is 1. The highest BCUT2D eigenvalue weighted by molar-refractivity contribution is 7.21. The first-order valence-electron chi connectivity index (χ1n) is 9.39. The van der Waals surface area contributed by atoms with E-state index in [4.69, 9.17) is 17.3 Å². The summed E-state index contributed by atoms with van der Waals surface area (Å²) in [6, 6.07) is 9.13. The van der Waals surface area contributed by atoms with Gasteiger partial charge in [0.1, 0.15) is 15.4 Å². The van der Waals surface area contributed by atoms with Crippen LogP contribution in [0.25, 0.3) is 21.3 Å². The van der Waals surface area contributed by atoms with Gasteiger partial charge in [-0.1, -0.05) is 41.9 Å². The predicted molar refractivity (Wildman–Crippen MR) is 119 cm³/mol. The van der Waals surface area contributed by atoms with Crippen LogP contribution in [0.5, 0.6) is 0 Å². The molecule has 0 saturated heterocycles.